The van der Waals surface area contributed by atoms with E-state index in [1.807, 2.05) is 12.1 Å². The van der Waals surface area contributed by atoms with Gasteiger partial charge in [-0.25, -0.2) is 0 Å². The van der Waals surface area contributed by atoms with Gasteiger partial charge in [0.2, 0.25) is 5.91 Å². The number of rotatable bonds is 4. The van der Waals surface area contributed by atoms with E-state index in [2.05, 4.69) is 0 Å². The minimum absolute atomic E-state index is 0.0909. The Morgan fingerprint density at radius 2 is 1.83 bits per heavy atom. The van der Waals surface area contributed by atoms with Crippen molar-refractivity contribution in [1.29, 1.82) is 0 Å². The molecule has 130 valence electrons. The van der Waals surface area contributed by atoms with Gasteiger partial charge in [-0.2, -0.15) is 0 Å². The second-order valence-corrected chi connectivity index (χ2v) is 7.14. The maximum atomic E-state index is 12.6. The molecule has 3 rings (SSSR count). The van der Waals surface area contributed by atoms with Gasteiger partial charge in [0.1, 0.15) is 0 Å². The minimum atomic E-state index is -0.732. The Bertz CT molecular complexity index is 606. The first-order valence-electron chi connectivity index (χ1n) is 8.87. The number of benzene rings is 1. The van der Waals surface area contributed by atoms with Crippen molar-refractivity contribution < 1.29 is 14.7 Å². The molecule has 2 amide bonds. The summed E-state index contributed by atoms with van der Waals surface area (Å²) in [5, 5.41) is 10.5. The predicted molar refractivity (Wildman–Crippen MR) is 93.0 cm³/mol. The normalized spacial score (nSPS) is 20.2. The number of hydrogen-bond donors (Lipinski definition) is 1. The molecule has 1 aliphatic heterocycles. The van der Waals surface area contributed by atoms with Gasteiger partial charge in [0.25, 0.3) is 5.91 Å². The van der Waals surface area contributed by atoms with E-state index >= 15 is 0 Å². The highest BCUT2D eigenvalue weighted by Gasteiger charge is 2.33. The summed E-state index contributed by atoms with van der Waals surface area (Å²) < 4.78 is 0. The Morgan fingerprint density at radius 3 is 2.46 bits per heavy atom. The SMILES string of the molecule is CN(CC1(O)CCCC1)C(=O)c1ccc(N2CCCCC2=O)cc1. The van der Waals surface area contributed by atoms with Gasteiger partial charge in [-0.1, -0.05) is 12.8 Å². The van der Waals surface area contributed by atoms with Gasteiger partial charge in [-0.05, 0) is 49.9 Å². The number of anilines is 1. The average molecular weight is 330 g/mol. The quantitative estimate of drug-likeness (QED) is 0.923. The van der Waals surface area contributed by atoms with Gasteiger partial charge < -0.3 is 14.9 Å². The molecule has 24 heavy (non-hydrogen) atoms. The molecule has 2 fully saturated rings. The Morgan fingerprint density at radius 1 is 1.17 bits per heavy atom. The van der Waals surface area contributed by atoms with Crippen molar-refractivity contribution in [3.8, 4) is 0 Å². The molecule has 0 atom stereocenters. The number of hydrogen-bond acceptors (Lipinski definition) is 3. The number of piperidine rings is 1. The highest BCUT2D eigenvalue weighted by atomic mass is 16.3. The van der Waals surface area contributed by atoms with Crippen LogP contribution in [0, 0.1) is 0 Å². The van der Waals surface area contributed by atoms with Gasteiger partial charge in [-0.15, -0.1) is 0 Å². The van der Waals surface area contributed by atoms with Crippen LogP contribution in [0.5, 0.6) is 0 Å². The number of aliphatic hydroxyl groups is 1. The van der Waals surface area contributed by atoms with Crippen LogP contribution in [0.2, 0.25) is 0 Å². The van der Waals surface area contributed by atoms with Crippen LogP contribution >= 0.6 is 0 Å². The molecule has 1 N–H and O–H groups in total. The van der Waals surface area contributed by atoms with Crippen LogP contribution in [0.25, 0.3) is 0 Å². The topological polar surface area (TPSA) is 60.9 Å². The lowest BCUT2D eigenvalue weighted by molar-refractivity contribution is -0.119. The summed E-state index contributed by atoms with van der Waals surface area (Å²) in [6.45, 7) is 1.12. The fourth-order valence-electron chi connectivity index (χ4n) is 3.79. The van der Waals surface area contributed by atoms with Gasteiger partial charge in [0.15, 0.2) is 0 Å². The molecule has 1 heterocycles. The third kappa shape index (κ3) is 3.61. The van der Waals surface area contributed by atoms with Crippen molar-refractivity contribution in [2.45, 2.75) is 50.5 Å². The van der Waals surface area contributed by atoms with Crippen LogP contribution in [-0.4, -0.2) is 47.6 Å². The first kappa shape index (κ1) is 17.0. The third-order valence-electron chi connectivity index (χ3n) is 5.16. The minimum Gasteiger partial charge on any atom is -0.388 e. The molecular weight excluding hydrogens is 304 g/mol. The lowest BCUT2D eigenvalue weighted by Gasteiger charge is -2.29. The summed E-state index contributed by atoms with van der Waals surface area (Å²) in [6.07, 6.45) is 6.16. The van der Waals surface area contributed by atoms with E-state index in [9.17, 15) is 14.7 Å². The molecule has 0 unspecified atom stereocenters. The molecule has 5 nitrogen and oxygen atoms in total. The van der Waals surface area contributed by atoms with E-state index in [1.165, 1.54) is 0 Å². The van der Waals surface area contributed by atoms with E-state index < -0.39 is 5.60 Å². The van der Waals surface area contributed by atoms with E-state index in [4.69, 9.17) is 0 Å². The Kier molecular flexibility index (Phi) is 4.90. The number of carbonyl (C=O) groups is 2. The van der Waals surface area contributed by atoms with E-state index in [1.54, 1.807) is 29.0 Å². The smallest absolute Gasteiger partial charge is 0.253 e. The molecule has 0 radical (unpaired) electrons. The van der Waals surface area contributed by atoms with Crippen molar-refractivity contribution in [2.75, 3.05) is 25.0 Å². The van der Waals surface area contributed by atoms with Gasteiger partial charge in [-0.3, -0.25) is 9.59 Å². The van der Waals surface area contributed by atoms with Crippen LogP contribution in [-0.2, 0) is 4.79 Å². The third-order valence-corrected chi connectivity index (χ3v) is 5.16. The van der Waals surface area contributed by atoms with Crippen molar-refractivity contribution in [3.05, 3.63) is 29.8 Å². The highest BCUT2D eigenvalue weighted by Crippen LogP contribution is 2.30. The van der Waals surface area contributed by atoms with Crippen LogP contribution in [0.1, 0.15) is 55.3 Å². The standard InChI is InChI=1S/C19H26N2O3/c1-20(14-19(24)11-3-4-12-19)18(23)15-7-9-16(10-8-15)21-13-5-2-6-17(21)22/h7-10,24H,2-6,11-14H2,1H3. The van der Waals surface area contributed by atoms with Gasteiger partial charge in [0.05, 0.1) is 5.60 Å². The molecule has 0 spiro atoms. The molecule has 1 aliphatic carbocycles. The molecule has 2 aliphatic rings. The monoisotopic (exact) mass is 330 g/mol. The fraction of sp³-hybridized carbons (Fsp3) is 0.579. The molecule has 0 bridgehead atoms. The number of nitrogens with zero attached hydrogens (tertiary/aromatic N) is 2. The van der Waals surface area contributed by atoms with Crippen molar-refractivity contribution in [2.24, 2.45) is 0 Å². The molecule has 1 aromatic carbocycles. The Labute approximate surface area is 143 Å². The van der Waals surface area contributed by atoms with Gasteiger partial charge >= 0.3 is 0 Å². The molecule has 1 aromatic rings. The van der Waals surface area contributed by atoms with E-state index in [0.717, 1.165) is 50.8 Å². The lowest BCUT2D eigenvalue weighted by Crippen LogP contribution is -2.42. The zero-order valence-corrected chi connectivity index (χ0v) is 14.3. The zero-order valence-electron chi connectivity index (χ0n) is 14.3. The summed E-state index contributed by atoms with van der Waals surface area (Å²) in [4.78, 5) is 27.9. The number of likely N-dealkylation sites (N-methyl/N-ethyl adjacent to an activating group) is 1. The first-order valence-corrected chi connectivity index (χ1v) is 8.87. The summed E-state index contributed by atoms with van der Waals surface area (Å²) >= 11 is 0. The lowest BCUT2D eigenvalue weighted by atomic mass is 10.0. The number of amides is 2. The van der Waals surface area contributed by atoms with Crippen molar-refractivity contribution >= 4 is 17.5 Å². The zero-order chi connectivity index (χ0) is 17.2. The fourth-order valence-corrected chi connectivity index (χ4v) is 3.79. The summed E-state index contributed by atoms with van der Waals surface area (Å²) in [6, 6.07) is 7.23. The Balaban J connectivity index is 1.66. The molecule has 1 saturated heterocycles. The van der Waals surface area contributed by atoms with Crippen LogP contribution in [0.15, 0.2) is 24.3 Å². The van der Waals surface area contributed by atoms with Crippen LogP contribution in [0.3, 0.4) is 0 Å². The molecular formula is C19H26N2O3. The second-order valence-electron chi connectivity index (χ2n) is 7.14. The van der Waals surface area contributed by atoms with E-state index in [-0.39, 0.29) is 11.8 Å². The largest absolute Gasteiger partial charge is 0.388 e. The molecule has 0 aromatic heterocycles. The maximum absolute atomic E-state index is 12.6. The van der Waals surface area contributed by atoms with Crippen molar-refractivity contribution in [1.82, 2.24) is 4.90 Å². The number of carbonyl (C=O) groups excluding carboxylic acids is 2. The Hall–Kier alpha value is -1.88. The van der Waals surface area contributed by atoms with E-state index in [0.29, 0.717) is 18.5 Å². The molecule has 1 saturated carbocycles. The highest BCUT2D eigenvalue weighted by molar-refractivity contribution is 5.96. The van der Waals surface area contributed by atoms with Gasteiger partial charge in [0, 0.05) is 37.8 Å². The van der Waals surface area contributed by atoms with Crippen molar-refractivity contribution in [3.63, 3.8) is 0 Å². The first-order chi connectivity index (χ1) is 11.5. The second kappa shape index (κ2) is 6.93. The van der Waals surface area contributed by atoms with Crippen LogP contribution < -0.4 is 4.90 Å². The summed E-state index contributed by atoms with van der Waals surface area (Å²) in [7, 11) is 1.74. The molecule has 5 heteroatoms. The van der Waals surface area contributed by atoms with Crippen LogP contribution in [0.4, 0.5) is 5.69 Å². The average Bonchev–Trinajstić information content (AvgIpc) is 3.01. The maximum Gasteiger partial charge on any atom is 0.253 e. The summed E-state index contributed by atoms with van der Waals surface area (Å²) in [5.74, 6) is 0.0627. The predicted octanol–water partition coefficient (Wildman–Crippen LogP) is 2.58. The summed E-state index contributed by atoms with van der Waals surface area (Å²) in [5.41, 5.74) is 0.713.